The van der Waals surface area contributed by atoms with Crippen LogP contribution in [0.2, 0.25) is 0 Å². The van der Waals surface area contributed by atoms with E-state index in [-0.39, 0.29) is 23.6 Å². The highest BCUT2D eigenvalue weighted by molar-refractivity contribution is 5.97. The number of ether oxygens (including phenoxy) is 1. The number of amides is 1. The second-order valence-corrected chi connectivity index (χ2v) is 5.69. The Kier molecular flexibility index (Phi) is 6.57. The summed E-state index contributed by atoms with van der Waals surface area (Å²) >= 11 is 0. The van der Waals surface area contributed by atoms with Crippen LogP contribution in [0.1, 0.15) is 34.1 Å². The van der Waals surface area contributed by atoms with Gasteiger partial charge in [0.1, 0.15) is 5.75 Å². The number of pyridine rings is 1. The molecule has 0 saturated heterocycles. The van der Waals surface area contributed by atoms with Gasteiger partial charge in [0.05, 0.1) is 17.9 Å². The summed E-state index contributed by atoms with van der Waals surface area (Å²) in [6.07, 6.45) is -2.88. The van der Waals surface area contributed by atoms with Gasteiger partial charge >= 0.3 is 6.18 Å². The maximum atomic E-state index is 13.4. The summed E-state index contributed by atoms with van der Waals surface area (Å²) in [7, 11) is 0. The molecule has 0 spiro atoms. The zero-order valence-corrected chi connectivity index (χ0v) is 14.2. The number of aryl methyl sites for hydroxylation is 1. The molecular weight excluding hydrogens is 347 g/mol. The van der Waals surface area contributed by atoms with Crippen LogP contribution in [-0.4, -0.2) is 30.2 Å². The lowest BCUT2D eigenvalue weighted by Crippen LogP contribution is -2.38. The Balaban J connectivity index is 2.27. The Labute approximate surface area is 149 Å². The number of carbonyl (C=O) groups is 1. The van der Waals surface area contributed by atoms with Crippen molar-refractivity contribution in [3.63, 3.8) is 0 Å². The second kappa shape index (κ2) is 8.66. The van der Waals surface area contributed by atoms with Crippen LogP contribution in [0.25, 0.3) is 0 Å². The van der Waals surface area contributed by atoms with E-state index in [1.165, 1.54) is 30.5 Å². The van der Waals surface area contributed by atoms with Crippen LogP contribution in [0.3, 0.4) is 0 Å². The number of halogens is 3. The van der Waals surface area contributed by atoms with Gasteiger partial charge in [0.15, 0.2) is 6.04 Å². The monoisotopic (exact) mass is 367 g/mol. The Hall–Kier alpha value is -2.61. The van der Waals surface area contributed by atoms with Crippen molar-refractivity contribution in [2.24, 2.45) is 5.73 Å². The predicted molar refractivity (Wildman–Crippen MR) is 90.8 cm³/mol. The first kappa shape index (κ1) is 19.7. The second-order valence-electron chi connectivity index (χ2n) is 5.69. The first-order valence-electron chi connectivity index (χ1n) is 8.05. The predicted octanol–water partition coefficient (Wildman–Crippen LogP) is 3.15. The van der Waals surface area contributed by atoms with Crippen LogP contribution in [-0.2, 0) is 0 Å². The molecule has 5 nitrogen and oxygen atoms in total. The van der Waals surface area contributed by atoms with Gasteiger partial charge in [-0.3, -0.25) is 9.78 Å². The maximum absolute atomic E-state index is 13.4. The molecule has 1 aromatic carbocycles. The highest BCUT2D eigenvalue weighted by Crippen LogP contribution is 2.32. The first-order chi connectivity index (χ1) is 12.3. The quantitative estimate of drug-likeness (QED) is 0.737. The van der Waals surface area contributed by atoms with E-state index in [4.69, 9.17) is 10.5 Å². The van der Waals surface area contributed by atoms with Gasteiger partial charge in [-0.05, 0) is 49.7 Å². The third-order valence-electron chi connectivity index (χ3n) is 3.57. The van der Waals surface area contributed by atoms with Gasteiger partial charge in [-0.1, -0.05) is 12.1 Å². The molecule has 140 valence electrons. The summed E-state index contributed by atoms with van der Waals surface area (Å²) in [6.45, 7) is 2.47. The minimum atomic E-state index is -4.69. The van der Waals surface area contributed by atoms with Crippen molar-refractivity contribution in [3.8, 4) is 5.75 Å². The third-order valence-corrected chi connectivity index (χ3v) is 3.57. The lowest BCUT2D eigenvalue weighted by atomic mass is 10.1. The van der Waals surface area contributed by atoms with Crippen molar-refractivity contribution >= 4 is 5.91 Å². The largest absolute Gasteiger partial charge is 0.493 e. The summed E-state index contributed by atoms with van der Waals surface area (Å²) in [5, 5.41) is 2.01. The smallest absolute Gasteiger partial charge is 0.414 e. The number of aromatic nitrogens is 1. The highest BCUT2D eigenvalue weighted by atomic mass is 19.4. The Morgan fingerprint density at radius 3 is 2.69 bits per heavy atom. The number of carbonyl (C=O) groups excluding carboxylic acids is 1. The van der Waals surface area contributed by atoms with E-state index in [1.807, 2.05) is 5.32 Å². The van der Waals surface area contributed by atoms with Crippen molar-refractivity contribution in [1.29, 1.82) is 0 Å². The average Bonchev–Trinajstić information content (AvgIpc) is 2.59. The molecule has 0 saturated carbocycles. The van der Waals surface area contributed by atoms with Crippen LogP contribution in [0.15, 0.2) is 42.6 Å². The van der Waals surface area contributed by atoms with Crippen LogP contribution in [0.5, 0.6) is 5.75 Å². The number of hydrogen-bond donors (Lipinski definition) is 2. The molecule has 1 atom stereocenters. The number of benzene rings is 1. The van der Waals surface area contributed by atoms with Gasteiger partial charge in [-0.15, -0.1) is 0 Å². The van der Waals surface area contributed by atoms with Crippen molar-refractivity contribution in [2.75, 3.05) is 13.2 Å². The topological polar surface area (TPSA) is 77.2 Å². The number of rotatable bonds is 7. The zero-order chi connectivity index (χ0) is 19.2. The van der Waals surface area contributed by atoms with E-state index < -0.39 is 18.1 Å². The molecule has 2 aromatic rings. The highest BCUT2D eigenvalue weighted by Gasteiger charge is 2.43. The number of nitrogens with one attached hydrogen (secondary N) is 1. The van der Waals surface area contributed by atoms with Crippen LogP contribution in [0.4, 0.5) is 13.2 Å². The molecule has 8 heteroatoms. The van der Waals surface area contributed by atoms with Gasteiger partial charge in [-0.2, -0.15) is 13.2 Å². The Morgan fingerprint density at radius 2 is 2.08 bits per heavy atom. The van der Waals surface area contributed by atoms with Crippen LogP contribution >= 0.6 is 0 Å². The molecule has 0 aliphatic heterocycles. The summed E-state index contributed by atoms with van der Waals surface area (Å²) in [5.41, 5.74) is 5.97. The molecule has 2 rings (SSSR count). The molecule has 0 unspecified atom stereocenters. The van der Waals surface area contributed by atoms with E-state index in [0.29, 0.717) is 13.0 Å². The average molecular weight is 367 g/mol. The summed E-state index contributed by atoms with van der Waals surface area (Å²) in [4.78, 5) is 16.2. The normalized spacial score (nSPS) is 12.5. The molecule has 1 amide bonds. The van der Waals surface area contributed by atoms with E-state index in [9.17, 15) is 18.0 Å². The zero-order valence-electron chi connectivity index (χ0n) is 14.2. The molecule has 1 aromatic heterocycles. The molecule has 1 heterocycles. The van der Waals surface area contributed by atoms with Crippen LogP contribution in [0, 0.1) is 6.92 Å². The molecule has 26 heavy (non-hydrogen) atoms. The fourth-order valence-electron chi connectivity index (χ4n) is 2.28. The van der Waals surface area contributed by atoms with Gasteiger partial charge in [-0.25, -0.2) is 0 Å². The molecule has 0 fully saturated rings. The lowest BCUT2D eigenvalue weighted by Gasteiger charge is -2.22. The summed E-state index contributed by atoms with van der Waals surface area (Å²) in [5.74, 6) is -0.668. The minimum absolute atomic E-state index is 0.0257. The third kappa shape index (κ3) is 5.19. The number of hydrogen-bond acceptors (Lipinski definition) is 4. The fourth-order valence-corrected chi connectivity index (χ4v) is 2.28. The summed E-state index contributed by atoms with van der Waals surface area (Å²) < 4.78 is 45.7. The molecule has 3 N–H and O–H groups in total. The Bertz CT molecular complexity index is 736. The Morgan fingerprint density at radius 1 is 1.31 bits per heavy atom. The van der Waals surface area contributed by atoms with Crippen molar-refractivity contribution in [3.05, 3.63) is 59.4 Å². The number of alkyl halides is 3. The molecule has 0 aliphatic rings. The van der Waals surface area contributed by atoms with Gasteiger partial charge in [0, 0.05) is 6.20 Å². The van der Waals surface area contributed by atoms with E-state index in [1.54, 1.807) is 19.1 Å². The minimum Gasteiger partial charge on any atom is -0.493 e. The van der Waals surface area contributed by atoms with Crippen LogP contribution < -0.4 is 15.8 Å². The van der Waals surface area contributed by atoms with Crippen molar-refractivity contribution in [2.45, 2.75) is 25.6 Å². The standard InChI is InChI=1S/C18H20F3N3O2/c1-12-6-7-13(15(11-12)26-10-4-8-22)17(25)24-16(18(19,20)21)14-5-2-3-9-23-14/h2-3,5-7,9,11,16H,4,8,10,22H2,1H3,(H,24,25)/t16-/m0/s1. The molecule has 0 bridgehead atoms. The maximum Gasteiger partial charge on any atom is 0.414 e. The summed E-state index contributed by atoms with van der Waals surface area (Å²) in [6, 6.07) is 6.61. The lowest BCUT2D eigenvalue weighted by molar-refractivity contribution is -0.156. The number of nitrogens with zero attached hydrogens (tertiary/aromatic N) is 1. The first-order valence-corrected chi connectivity index (χ1v) is 8.05. The molecule has 0 radical (unpaired) electrons. The van der Waals surface area contributed by atoms with E-state index in [0.717, 1.165) is 5.56 Å². The van der Waals surface area contributed by atoms with Gasteiger partial charge in [0.25, 0.3) is 5.91 Å². The van der Waals surface area contributed by atoms with Crippen molar-refractivity contribution < 1.29 is 22.7 Å². The van der Waals surface area contributed by atoms with Gasteiger partial charge in [0.2, 0.25) is 0 Å². The van der Waals surface area contributed by atoms with E-state index in [2.05, 4.69) is 4.98 Å². The number of nitrogens with two attached hydrogens (primary N) is 1. The van der Waals surface area contributed by atoms with E-state index >= 15 is 0 Å². The molecular formula is C18H20F3N3O2. The molecule has 0 aliphatic carbocycles. The van der Waals surface area contributed by atoms with Crippen molar-refractivity contribution in [1.82, 2.24) is 10.3 Å². The van der Waals surface area contributed by atoms with Gasteiger partial charge < -0.3 is 15.8 Å². The SMILES string of the molecule is Cc1ccc(C(=O)N[C@@H](c2ccccn2)C(F)(F)F)c(OCCCN)c1. The fraction of sp³-hybridized carbons (Fsp3) is 0.333.